The molecule has 0 aliphatic carbocycles. The first-order valence-electron chi connectivity index (χ1n) is 11.0. The molecule has 2 heterocycles. The van der Waals surface area contributed by atoms with Crippen molar-refractivity contribution in [2.45, 2.75) is 34.3 Å². The highest BCUT2D eigenvalue weighted by atomic mass is 16.5. The molecule has 0 aliphatic rings. The van der Waals surface area contributed by atoms with Crippen LogP contribution in [0.25, 0.3) is 5.82 Å². The molecule has 0 radical (unpaired) electrons. The molecule has 0 fully saturated rings. The summed E-state index contributed by atoms with van der Waals surface area (Å²) in [5.41, 5.74) is 4.78. The molecule has 0 aliphatic heterocycles. The van der Waals surface area contributed by atoms with Gasteiger partial charge in [0.05, 0.1) is 12.3 Å². The van der Waals surface area contributed by atoms with E-state index in [2.05, 4.69) is 20.4 Å². The van der Waals surface area contributed by atoms with Crippen LogP contribution in [0.2, 0.25) is 0 Å². The Morgan fingerprint density at radius 2 is 1.71 bits per heavy atom. The van der Waals surface area contributed by atoms with Gasteiger partial charge >= 0.3 is 0 Å². The van der Waals surface area contributed by atoms with Gasteiger partial charge < -0.3 is 14.8 Å². The first-order chi connectivity index (χ1) is 16.4. The molecule has 1 amide bonds. The molecule has 4 rings (SSSR count). The highest BCUT2D eigenvalue weighted by molar-refractivity contribution is 5.91. The van der Waals surface area contributed by atoms with E-state index in [1.807, 2.05) is 58.0 Å². The van der Waals surface area contributed by atoms with Crippen LogP contribution in [0.3, 0.4) is 0 Å². The van der Waals surface area contributed by atoms with Crippen molar-refractivity contribution >= 4 is 11.6 Å². The van der Waals surface area contributed by atoms with Gasteiger partial charge in [-0.3, -0.25) is 4.79 Å². The van der Waals surface area contributed by atoms with Gasteiger partial charge in [0.2, 0.25) is 11.8 Å². The molecule has 0 saturated carbocycles. The first kappa shape index (κ1) is 23.1. The van der Waals surface area contributed by atoms with Crippen molar-refractivity contribution in [2.75, 3.05) is 11.9 Å². The molecule has 4 aromatic rings. The largest absolute Gasteiger partial charge is 0.439 e. The Labute approximate surface area is 198 Å². The van der Waals surface area contributed by atoms with Crippen LogP contribution >= 0.6 is 0 Å². The predicted molar refractivity (Wildman–Crippen MR) is 129 cm³/mol. The van der Waals surface area contributed by atoms with Gasteiger partial charge in [0, 0.05) is 17.4 Å². The smallest absolute Gasteiger partial charge is 0.250 e. The molecular formula is C26H27N5O3. The number of aromatic nitrogens is 4. The van der Waals surface area contributed by atoms with Crippen LogP contribution < -0.4 is 10.1 Å². The van der Waals surface area contributed by atoms with E-state index in [0.717, 1.165) is 22.5 Å². The average Bonchev–Trinajstić information content (AvgIpc) is 3.08. The summed E-state index contributed by atoms with van der Waals surface area (Å²) in [7, 11) is 0. The topological polar surface area (TPSA) is 91.2 Å². The molecule has 174 valence electrons. The molecule has 0 unspecified atom stereocenters. The minimum atomic E-state index is -0.221. The Hall–Kier alpha value is -4.04. The zero-order valence-corrected chi connectivity index (χ0v) is 19.7. The van der Waals surface area contributed by atoms with Crippen molar-refractivity contribution in [2.24, 2.45) is 0 Å². The van der Waals surface area contributed by atoms with Crippen molar-refractivity contribution in [3.8, 4) is 17.4 Å². The molecule has 0 saturated heterocycles. The number of hydrogen-bond donors (Lipinski definition) is 1. The predicted octanol–water partition coefficient (Wildman–Crippen LogP) is 4.84. The SMILES string of the molecule is Cc1nc(Oc2ccc(NC(=O)COCc3ccccc3)cc2)cc(-n2nc(C)c(C)c2C)n1. The maximum atomic E-state index is 12.1. The number of carbonyl (C=O) groups excluding carboxylic acids is 1. The molecule has 0 atom stereocenters. The average molecular weight is 458 g/mol. The summed E-state index contributed by atoms with van der Waals surface area (Å²) in [5.74, 6) is 2.01. The van der Waals surface area contributed by atoms with Crippen LogP contribution in [0.4, 0.5) is 5.69 Å². The zero-order valence-electron chi connectivity index (χ0n) is 19.7. The Balaban J connectivity index is 1.36. The molecule has 34 heavy (non-hydrogen) atoms. The van der Waals surface area contributed by atoms with E-state index in [0.29, 0.717) is 35.6 Å². The van der Waals surface area contributed by atoms with E-state index >= 15 is 0 Å². The lowest BCUT2D eigenvalue weighted by Crippen LogP contribution is -2.18. The number of rotatable bonds is 8. The number of hydrogen-bond acceptors (Lipinski definition) is 6. The third kappa shape index (κ3) is 5.65. The minimum absolute atomic E-state index is 0.0259. The highest BCUT2D eigenvalue weighted by Gasteiger charge is 2.13. The van der Waals surface area contributed by atoms with Crippen LogP contribution in [-0.4, -0.2) is 32.3 Å². The van der Waals surface area contributed by atoms with E-state index in [-0.39, 0.29) is 12.5 Å². The van der Waals surface area contributed by atoms with Gasteiger partial charge in [0.25, 0.3) is 0 Å². The fraction of sp³-hybridized carbons (Fsp3) is 0.231. The van der Waals surface area contributed by atoms with E-state index in [4.69, 9.17) is 9.47 Å². The lowest BCUT2D eigenvalue weighted by Gasteiger charge is -2.10. The molecule has 8 nitrogen and oxygen atoms in total. The van der Waals surface area contributed by atoms with Crippen LogP contribution in [0.5, 0.6) is 11.6 Å². The number of ether oxygens (including phenoxy) is 2. The van der Waals surface area contributed by atoms with E-state index in [1.54, 1.807) is 35.0 Å². The van der Waals surface area contributed by atoms with Gasteiger partial charge in [-0.05, 0) is 63.1 Å². The zero-order chi connectivity index (χ0) is 24.1. The number of nitrogens with one attached hydrogen (secondary N) is 1. The standard InChI is InChI=1S/C26H27N5O3/c1-17-18(2)30-31(19(17)3)24-14-26(28-20(4)27-24)34-23-12-10-22(11-13-23)29-25(32)16-33-15-21-8-6-5-7-9-21/h5-14H,15-16H2,1-4H3,(H,29,32). The van der Waals surface area contributed by atoms with Gasteiger partial charge in [-0.25, -0.2) is 9.67 Å². The second kappa shape index (κ2) is 10.3. The van der Waals surface area contributed by atoms with Crippen molar-refractivity contribution in [3.05, 3.63) is 89.0 Å². The number of nitrogens with zero attached hydrogens (tertiary/aromatic N) is 4. The van der Waals surface area contributed by atoms with Gasteiger partial charge in [0.1, 0.15) is 18.2 Å². The Kier molecular flexibility index (Phi) is 6.98. The maximum Gasteiger partial charge on any atom is 0.250 e. The molecule has 0 spiro atoms. The Morgan fingerprint density at radius 3 is 2.38 bits per heavy atom. The van der Waals surface area contributed by atoms with Gasteiger partial charge in [-0.15, -0.1) is 0 Å². The van der Waals surface area contributed by atoms with Crippen LogP contribution in [0, 0.1) is 27.7 Å². The Bertz CT molecular complexity index is 1280. The summed E-state index contributed by atoms with van der Waals surface area (Å²) in [6.45, 7) is 8.19. The number of aryl methyl sites for hydroxylation is 2. The number of anilines is 1. The first-order valence-corrected chi connectivity index (χ1v) is 11.0. The van der Waals surface area contributed by atoms with Crippen molar-refractivity contribution < 1.29 is 14.3 Å². The van der Waals surface area contributed by atoms with Crippen molar-refractivity contribution in [1.29, 1.82) is 0 Å². The fourth-order valence-electron chi connectivity index (χ4n) is 3.39. The molecule has 1 N–H and O–H groups in total. The minimum Gasteiger partial charge on any atom is -0.439 e. The normalized spacial score (nSPS) is 10.8. The quantitative estimate of drug-likeness (QED) is 0.407. The third-order valence-corrected chi connectivity index (χ3v) is 5.38. The second-order valence-electron chi connectivity index (χ2n) is 7.97. The van der Waals surface area contributed by atoms with Crippen LogP contribution in [0.1, 0.15) is 28.3 Å². The molecular weight excluding hydrogens is 430 g/mol. The molecule has 8 heteroatoms. The Morgan fingerprint density at radius 1 is 0.971 bits per heavy atom. The third-order valence-electron chi connectivity index (χ3n) is 5.38. The summed E-state index contributed by atoms with van der Waals surface area (Å²) in [6.07, 6.45) is 0. The van der Waals surface area contributed by atoms with Crippen LogP contribution in [-0.2, 0) is 16.1 Å². The number of carbonyl (C=O) groups is 1. The van der Waals surface area contributed by atoms with Crippen molar-refractivity contribution in [3.63, 3.8) is 0 Å². The molecule has 0 bridgehead atoms. The summed E-state index contributed by atoms with van der Waals surface area (Å²) in [5, 5.41) is 7.38. The summed E-state index contributed by atoms with van der Waals surface area (Å²) in [6, 6.07) is 18.6. The lowest BCUT2D eigenvalue weighted by atomic mass is 10.2. The fourth-order valence-corrected chi connectivity index (χ4v) is 3.39. The highest BCUT2D eigenvalue weighted by Crippen LogP contribution is 2.24. The van der Waals surface area contributed by atoms with E-state index in [1.165, 1.54) is 0 Å². The van der Waals surface area contributed by atoms with Gasteiger partial charge in [-0.2, -0.15) is 10.1 Å². The monoisotopic (exact) mass is 457 g/mol. The van der Waals surface area contributed by atoms with Gasteiger partial charge in [-0.1, -0.05) is 30.3 Å². The van der Waals surface area contributed by atoms with E-state index in [9.17, 15) is 4.79 Å². The maximum absolute atomic E-state index is 12.1. The second-order valence-corrected chi connectivity index (χ2v) is 7.97. The number of benzene rings is 2. The molecule has 2 aromatic heterocycles. The van der Waals surface area contributed by atoms with Crippen LogP contribution in [0.15, 0.2) is 60.7 Å². The molecule has 2 aromatic carbocycles. The van der Waals surface area contributed by atoms with Crippen molar-refractivity contribution in [1.82, 2.24) is 19.7 Å². The summed E-state index contributed by atoms with van der Waals surface area (Å²) in [4.78, 5) is 21.0. The van der Waals surface area contributed by atoms with Gasteiger partial charge in [0.15, 0.2) is 5.82 Å². The number of amides is 1. The lowest BCUT2D eigenvalue weighted by molar-refractivity contribution is -0.121. The summed E-state index contributed by atoms with van der Waals surface area (Å²) >= 11 is 0. The van der Waals surface area contributed by atoms with E-state index < -0.39 is 0 Å². The summed E-state index contributed by atoms with van der Waals surface area (Å²) < 4.78 is 13.2.